The molecule has 1 aromatic carbocycles. The summed E-state index contributed by atoms with van der Waals surface area (Å²) in [7, 11) is 1.81. The van der Waals surface area contributed by atoms with Crippen LogP contribution in [0.4, 0.5) is 0 Å². The Kier molecular flexibility index (Phi) is 4.66. The second-order valence-electron chi connectivity index (χ2n) is 6.04. The molecular formula is C17H24N2O2. The van der Waals surface area contributed by atoms with Crippen molar-refractivity contribution < 1.29 is 9.59 Å². The Labute approximate surface area is 126 Å². The summed E-state index contributed by atoms with van der Waals surface area (Å²) < 4.78 is 0. The van der Waals surface area contributed by atoms with Crippen molar-refractivity contribution in [3.63, 3.8) is 0 Å². The zero-order valence-corrected chi connectivity index (χ0v) is 13.2. The number of rotatable bonds is 3. The minimum Gasteiger partial charge on any atom is -0.325 e. The highest BCUT2D eigenvalue weighted by Crippen LogP contribution is 2.27. The van der Waals surface area contributed by atoms with E-state index in [0.717, 1.165) is 6.42 Å². The quantitative estimate of drug-likeness (QED) is 0.858. The van der Waals surface area contributed by atoms with E-state index in [4.69, 9.17) is 0 Å². The van der Waals surface area contributed by atoms with Crippen LogP contribution in [0.25, 0.3) is 0 Å². The van der Waals surface area contributed by atoms with Gasteiger partial charge in [0.15, 0.2) is 0 Å². The smallest absolute Gasteiger partial charge is 0.255 e. The lowest BCUT2D eigenvalue weighted by atomic mass is 9.95. The summed E-state index contributed by atoms with van der Waals surface area (Å²) in [6.45, 7) is 6.60. The molecule has 0 bridgehead atoms. The van der Waals surface area contributed by atoms with Gasteiger partial charge in [0.05, 0.1) is 5.92 Å². The van der Waals surface area contributed by atoms with E-state index in [1.807, 2.05) is 56.0 Å². The Hall–Kier alpha value is -1.84. The minimum absolute atomic E-state index is 0.00657. The van der Waals surface area contributed by atoms with E-state index < -0.39 is 0 Å². The van der Waals surface area contributed by atoms with Crippen LogP contribution in [0.1, 0.15) is 37.6 Å². The molecule has 1 aliphatic rings. The van der Waals surface area contributed by atoms with Crippen LogP contribution in [0, 0.1) is 11.8 Å². The third kappa shape index (κ3) is 2.94. The Bertz CT molecular complexity index is 513. The van der Waals surface area contributed by atoms with E-state index in [1.54, 1.807) is 11.9 Å². The number of carbonyl (C=O) groups is 2. The summed E-state index contributed by atoms with van der Waals surface area (Å²) in [5, 5.41) is 0. The normalized spacial score (nSPS) is 22.8. The van der Waals surface area contributed by atoms with Gasteiger partial charge >= 0.3 is 0 Å². The van der Waals surface area contributed by atoms with Crippen molar-refractivity contribution in [2.75, 3.05) is 13.6 Å². The van der Waals surface area contributed by atoms with Crippen LogP contribution in [0.3, 0.4) is 0 Å². The molecule has 0 N–H and O–H groups in total. The monoisotopic (exact) mass is 288 g/mol. The van der Waals surface area contributed by atoms with E-state index in [9.17, 15) is 9.59 Å². The summed E-state index contributed by atoms with van der Waals surface area (Å²) >= 11 is 0. The van der Waals surface area contributed by atoms with E-state index >= 15 is 0 Å². The van der Waals surface area contributed by atoms with Crippen LogP contribution >= 0.6 is 0 Å². The fraction of sp³-hybridized carbons (Fsp3) is 0.529. The van der Waals surface area contributed by atoms with Crippen LogP contribution in [0.15, 0.2) is 30.3 Å². The molecular weight excluding hydrogens is 264 g/mol. The third-order valence-electron chi connectivity index (χ3n) is 4.20. The fourth-order valence-corrected chi connectivity index (χ4v) is 3.11. The van der Waals surface area contributed by atoms with Crippen molar-refractivity contribution in [2.45, 2.75) is 33.4 Å². The van der Waals surface area contributed by atoms with Gasteiger partial charge < -0.3 is 9.80 Å². The zero-order chi connectivity index (χ0) is 15.6. The standard InChI is InChI=1S/C17H24N2O2/c1-5-13-11-19(15(12(2)3)18(4)16(13)20)17(21)14-9-7-6-8-10-14/h6-10,12-13,15H,5,11H2,1-4H3/t13?,15-/m1/s1. The molecule has 1 heterocycles. The van der Waals surface area contributed by atoms with E-state index in [0.29, 0.717) is 12.1 Å². The third-order valence-corrected chi connectivity index (χ3v) is 4.20. The first-order valence-corrected chi connectivity index (χ1v) is 7.60. The molecule has 1 fully saturated rings. The number of nitrogens with zero attached hydrogens (tertiary/aromatic N) is 2. The van der Waals surface area contributed by atoms with Gasteiger partial charge in [-0.2, -0.15) is 0 Å². The molecule has 4 heteroatoms. The molecule has 0 saturated carbocycles. The number of hydrogen-bond donors (Lipinski definition) is 0. The van der Waals surface area contributed by atoms with Crippen LogP contribution in [-0.2, 0) is 4.79 Å². The van der Waals surface area contributed by atoms with E-state index in [2.05, 4.69) is 0 Å². The van der Waals surface area contributed by atoms with Crippen molar-refractivity contribution in [1.29, 1.82) is 0 Å². The molecule has 0 aliphatic carbocycles. The molecule has 1 unspecified atom stereocenters. The molecule has 21 heavy (non-hydrogen) atoms. The van der Waals surface area contributed by atoms with Crippen LogP contribution in [0.2, 0.25) is 0 Å². The average Bonchev–Trinajstić information content (AvgIpc) is 2.49. The van der Waals surface area contributed by atoms with Gasteiger partial charge in [-0.3, -0.25) is 9.59 Å². The lowest BCUT2D eigenvalue weighted by Gasteiger charge is -2.47. The second kappa shape index (κ2) is 6.29. The summed E-state index contributed by atoms with van der Waals surface area (Å²) in [4.78, 5) is 28.8. The zero-order valence-electron chi connectivity index (χ0n) is 13.2. The van der Waals surface area contributed by atoms with Gasteiger partial charge in [0.1, 0.15) is 6.17 Å². The molecule has 1 aromatic rings. The average molecular weight is 288 g/mol. The molecule has 0 aromatic heterocycles. The summed E-state index contributed by atoms with van der Waals surface area (Å²) in [6.07, 6.45) is 0.583. The number of benzene rings is 1. The van der Waals surface area contributed by atoms with Crippen LogP contribution in [0.5, 0.6) is 0 Å². The predicted molar refractivity (Wildman–Crippen MR) is 82.7 cm³/mol. The van der Waals surface area contributed by atoms with Crippen LogP contribution in [-0.4, -0.2) is 41.4 Å². The largest absolute Gasteiger partial charge is 0.325 e. The van der Waals surface area contributed by atoms with E-state index in [1.165, 1.54) is 0 Å². The highest BCUT2D eigenvalue weighted by molar-refractivity contribution is 5.95. The lowest BCUT2D eigenvalue weighted by molar-refractivity contribution is -0.148. The predicted octanol–water partition coefficient (Wildman–Crippen LogP) is 2.61. The molecule has 0 spiro atoms. The van der Waals surface area contributed by atoms with Crippen molar-refractivity contribution in [2.24, 2.45) is 11.8 Å². The van der Waals surface area contributed by atoms with Crippen molar-refractivity contribution in [1.82, 2.24) is 9.80 Å². The minimum atomic E-state index is -0.173. The van der Waals surface area contributed by atoms with Crippen molar-refractivity contribution in [3.8, 4) is 0 Å². The Morgan fingerprint density at radius 2 is 1.90 bits per heavy atom. The lowest BCUT2D eigenvalue weighted by Crippen LogP contribution is -2.62. The first-order valence-electron chi connectivity index (χ1n) is 7.60. The SMILES string of the molecule is CCC1CN(C(=O)c2ccccc2)[C@H](C(C)C)N(C)C1=O. The van der Waals surface area contributed by atoms with E-state index in [-0.39, 0.29) is 29.8 Å². The van der Waals surface area contributed by atoms with Gasteiger partial charge in [-0.1, -0.05) is 39.0 Å². The topological polar surface area (TPSA) is 40.6 Å². The van der Waals surface area contributed by atoms with Crippen molar-refractivity contribution >= 4 is 11.8 Å². The number of carbonyl (C=O) groups excluding carboxylic acids is 2. The van der Waals surface area contributed by atoms with Gasteiger partial charge in [0.2, 0.25) is 5.91 Å². The summed E-state index contributed by atoms with van der Waals surface area (Å²) in [5.74, 6) is 0.252. The maximum atomic E-state index is 12.8. The Morgan fingerprint density at radius 3 is 2.43 bits per heavy atom. The molecule has 2 rings (SSSR count). The van der Waals surface area contributed by atoms with Gasteiger partial charge in [0, 0.05) is 19.2 Å². The maximum absolute atomic E-state index is 12.8. The molecule has 1 saturated heterocycles. The highest BCUT2D eigenvalue weighted by atomic mass is 16.2. The van der Waals surface area contributed by atoms with Gasteiger partial charge in [0.25, 0.3) is 5.91 Å². The molecule has 1 aliphatic heterocycles. The number of hydrogen-bond acceptors (Lipinski definition) is 2. The first kappa shape index (κ1) is 15.5. The van der Waals surface area contributed by atoms with Gasteiger partial charge in [-0.25, -0.2) is 0 Å². The first-order chi connectivity index (χ1) is 9.97. The van der Waals surface area contributed by atoms with Gasteiger partial charge in [-0.15, -0.1) is 0 Å². The molecule has 114 valence electrons. The highest BCUT2D eigenvalue weighted by Gasteiger charge is 2.41. The second-order valence-corrected chi connectivity index (χ2v) is 6.04. The number of amides is 2. The molecule has 0 radical (unpaired) electrons. The maximum Gasteiger partial charge on any atom is 0.255 e. The summed E-state index contributed by atoms with van der Waals surface area (Å²) in [6, 6.07) is 9.30. The van der Waals surface area contributed by atoms with Gasteiger partial charge in [-0.05, 0) is 24.5 Å². The van der Waals surface area contributed by atoms with Crippen LogP contribution < -0.4 is 0 Å². The molecule has 4 nitrogen and oxygen atoms in total. The Balaban J connectivity index is 2.33. The molecule has 2 amide bonds. The van der Waals surface area contributed by atoms with Crippen molar-refractivity contribution in [3.05, 3.63) is 35.9 Å². The molecule has 2 atom stereocenters. The fourth-order valence-electron chi connectivity index (χ4n) is 3.11. The summed E-state index contributed by atoms with van der Waals surface area (Å²) in [5.41, 5.74) is 0.681. The Morgan fingerprint density at radius 1 is 1.29 bits per heavy atom.